The molecule has 0 saturated carbocycles. The molecule has 1 atom stereocenters. The third-order valence-corrected chi connectivity index (χ3v) is 5.11. The molecule has 2 rings (SSSR count). The summed E-state index contributed by atoms with van der Waals surface area (Å²) in [5, 5.41) is 10.6. The molecule has 23 heavy (non-hydrogen) atoms. The Kier molecular flexibility index (Phi) is 5.05. The molecule has 1 N–H and O–H groups in total. The molecule has 1 aliphatic heterocycles. The topological polar surface area (TPSA) is 23.5 Å². The van der Waals surface area contributed by atoms with Gasteiger partial charge in [0.15, 0.2) is 6.10 Å². The zero-order valence-corrected chi connectivity index (χ0v) is 14.4. The van der Waals surface area contributed by atoms with Gasteiger partial charge in [-0.2, -0.15) is 13.2 Å². The van der Waals surface area contributed by atoms with Crippen LogP contribution in [0.15, 0.2) is 24.3 Å². The monoisotopic (exact) mass is 349 g/mol. The van der Waals surface area contributed by atoms with Gasteiger partial charge in [-0.1, -0.05) is 23.7 Å². The van der Waals surface area contributed by atoms with Crippen LogP contribution < -0.4 is 0 Å². The lowest BCUT2D eigenvalue weighted by atomic mass is 9.68. The van der Waals surface area contributed by atoms with Crippen LogP contribution in [-0.4, -0.2) is 40.9 Å². The van der Waals surface area contributed by atoms with Gasteiger partial charge in [-0.3, -0.25) is 4.90 Å². The first-order valence-electron chi connectivity index (χ1n) is 7.73. The third kappa shape index (κ3) is 3.83. The summed E-state index contributed by atoms with van der Waals surface area (Å²) >= 11 is 5.86. The Hall–Kier alpha value is -0.780. The van der Waals surface area contributed by atoms with Crippen molar-refractivity contribution in [2.75, 3.05) is 13.1 Å². The molecule has 1 aromatic rings. The van der Waals surface area contributed by atoms with Gasteiger partial charge in [-0.25, -0.2) is 0 Å². The number of aliphatic hydroxyl groups excluding tert-OH is 1. The minimum Gasteiger partial charge on any atom is -0.383 e. The summed E-state index contributed by atoms with van der Waals surface area (Å²) < 4.78 is 39.9. The van der Waals surface area contributed by atoms with E-state index in [1.807, 2.05) is 20.8 Å². The normalized spacial score (nSPS) is 21.2. The van der Waals surface area contributed by atoms with E-state index in [9.17, 15) is 18.3 Å². The average molecular weight is 350 g/mol. The van der Waals surface area contributed by atoms with Crippen LogP contribution >= 0.6 is 11.6 Å². The van der Waals surface area contributed by atoms with Gasteiger partial charge in [0.05, 0.1) is 0 Å². The van der Waals surface area contributed by atoms with Crippen LogP contribution in [0.4, 0.5) is 13.2 Å². The second kappa shape index (κ2) is 6.26. The van der Waals surface area contributed by atoms with E-state index in [1.54, 1.807) is 24.3 Å². The number of rotatable bonds is 2. The van der Waals surface area contributed by atoms with E-state index in [4.69, 9.17) is 11.6 Å². The second-order valence-corrected chi connectivity index (χ2v) is 7.70. The molecule has 1 saturated heterocycles. The highest BCUT2D eigenvalue weighted by Gasteiger charge is 2.54. The Morgan fingerprint density at radius 1 is 1.09 bits per heavy atom. The standard InChI is InChI=1S/C17H23ClF3NO/c1-15(2,3)22-10-8-16(9-11-22,14(23)17(19,20)21)12-4-6-13(18)7-5-12/h4-7,14,23H,8-11H2,1-3H3. The Bertz CT molecular complexity index is 528. The van der Waals surface area contributed by atoms with Crippen molar-refractivity contribution in [1.29, 1.82) is 0 Å². The third-order valence-electron chi connectivity index (χ3n) is 4.86. The number of alkyl halides is 3. The van der Waals surface area contributed by atoms with Gasteiger partial charge in [-0.15, -0.1) is 0 Å². The lowest BCUT2D eigenvalue weighted by molar-refractivity contribution is -0.231. The molecule has 6 heteroatoms. The van der Waals surface area contributed by atoms with Crippen molar-refractivity contribution in [3.63, 3.8) is 0 Å². The van der Waals surface area contributed by atoms with Gasteiger partial charge in [0.25, 0.3) is 0 Å². The Morgan fingerprint density at radius 2 is 1.57 bits per heavy atom. The summed E-state index contributed by atoms with van der Waals surface area (Å²) in [6, 6.07) is 6.36. The lowest BCUT2D eigenvalue weighted by Crippen LogP contribution is -2.57. The van der Waals surface area contributed by atoms with Gasteiger partial charge in [0.2, 0.25) is 0 Å². The molecule has 1 fully saturated rings. The van der Waals surface area contributed by atoms with E-state index in [0.29, 0.717) is 23.7 Å². The van der Waals surface area contributed by atoms with E-state index in [0.717, 1.165) is 0 Å². The summed E-state index contributed by atoms with van der Waals surface area (Å²) in [6.07, 6.45) is -6.51. The fraction of sp³-hybridized carbons (Fsp3) is 0.647. The van der Waals surface area contributed by atoms with Crippen LogP contribution in [0.3, 0.4) is 0 Å². The van der Waals surface area contributed by atoms with E-state index in [-0.39, 0.29) is 18.4 Å². The molecule has 0 aliphatic carbocycles. The van der Waals surface area contributed by atoms with Crippen molar-refractivity contribution < 1.29 is 18.3 Å². The Labute approximate surface area is 140 Å². The zero-order chi connectivity index (χ0) is 17.5. The van der Waals surface area contributed by atoms with Crippen molar-refractivity contribution in [2.45, 2.75) is 56.8 Å². The van der Waals surface area contributed by atoms with Gasteiger partial charge in [0, 0.05) is 16.0 Å². The van der Waals surface area contributed by atoms with Crippen LogP contribution in [0.25, 0.3) is 0 Å². The lowest BCUT2D eigenvalue weighted by Gasteiger charge is -2.49. The van der Waals surface area contributed by atoms with Crippen molar-refractivity contribution in [3.8, 4) is 0 Å². The van der Waals surface area contributed by atoms with E-state index in [2.05, 4.69) is 4.90 Å². The Morgan fingerprint density at radius 3 is 1.96 bits per heavy atom. The largest absolute Gasteiger partial charge is 0.415 e. The van der Waals surface area contributed by atoms with Gasteiger partial charge < -0.3 is 5.11 Å². The van der Waals surface area contributed by atoms with Gasteiger partial charge >= 0.3 is 6.18 Å². The fourth-order valence-corrected chi connectivity index (χ4v) is 3.52. The maximum absolute atomic E-state index is 13.3. The summed E-state index contributed by atoms with van der Waals surface area (Å²) in [4.78, 5) is 2.16. The average Bonchev–Trinajstić information content (AvgIpc) is 2.45. The first-order chi connectivity index (χ1) is 10.5. The molecular weight excluding hydrogens is 327 g/mol. The van der Waals surface area contributed by atoms with Crippen LogP contribution in [-0.2, 0) is 5.41 Å². The molecule has 130 valence electrons. The molecule has 0 radical (unpaired) electrons. The molecule has 0 bridgehead atoms. The molecular formula is C17H23ClF3NO. The summed E-state index contributed by atoms with van der Waals surface area (Å²) in [6.45, 7) is 7.16. The number of likely N-dealkylation sites (tertiary alicyclic amines) is 1. The predicted molar refractivity (Wildman–Crippen MR) is 85.8 cm³/mol. The summed E-state index contributed by atoms with van der Waals surface area (Å²) in [7, 11) is 0. The molecule has 0 aromatic heterocycles. The quantitative estimate of drug-likeness (QED) is 0.855. The maximum atomic E-state index is 13.3. The number of nitrogens with zero attached hydrogens (tertiary/aromatic N) is 1. The molecule has 1 unspecified atom stereocenters. The smallest absolute Gasteiger partial charge is 0.383 e. The molecule has 1 aliphatic rings. The zero-order valence-electron chi connectivity index (χ0n) is 13.6. The summed E-state index contributed by atoms with van der Waals surface area (Å²) in [5.74, 6) is 0. The Balaban J connectivity index is 2.37. The minimum atomic E-state index is -4.65. The number of hydrogen-bond donors (Lipinski definition) is 1. The number of halogens is 4. The highest BCUT2D eigenvalue weighted by atomic mass is 35.5. The van der Waals surface area contributed by atoms with E-state index < -0.39 is 17.7 Å². The molecule has 2 nitrogen and oxygen atoms in total. The SMILES string of the molecule is CC(C)(C)N1CCC(c2ccc(Cl)cc2)(C(O)C(F)(F)F)CC1. The highest BCUT2D eigenvalue weighted by molar-refractivity contribution is 6.30. The van der Waals surface area contributed by atoms with Gasteiger partial charge in [-0.05, 0) is 64.4 Å². The molecule has 1 aromatic carbocycles. The minimum absolute atomic E-state index is 0.102. The van der Waals surface area contributed by atoms with E-state index in [1.165, 1.54) is 0 Å². The van der Waals surface area contributed by atoms with Crippen LogP contribution in [0.1, 0.15) is 39.2 Å². The number of benzene rings is 1. The van der Waals surface area contributed by atoms with Crippen LogP contribution in [0.2, 0.25) is 5.02 Å². The first-order valence-corrected chi connectivity index (χ1v) is 8.10. The van der Waals surface area contributed by atoms with Crippen molar-refractivity contribution in [3.05, 3.63) is 34.9 Å². The maximum Gasteiger partial charge on any atom is 0.415 e. The first kappa shape index (κ1) is 18.6. The summed E-state index contributed by atoms with van der Waals surface area (Å²) in [5.41, 5.74) is -0.916. The van der Waals surface area contributed by atoms with Crippen molar-refractivity contribution >= 4 is 11.6 Å². The van der Waals surface area contributed by atoms with Gasteiger partial charge in [0.1, 0.15) is 0 Å². The second-order valence-electron chi connectivity index (χ2n) is 7.27. The fourth-order valence-electron chi connectivity index (χ4n) is 3.39. The molecule has 1 heterocycles. The van der Waals surface area contributed by atoms with Crippen LogP contribution in [0, 0.1) is 0 Å². The molecule has 0 amide bonds. The van der Waals surface area contributed by atoms with Crippen LogP contribution in [0.5, 0.6) is 0 Å². The van der Waals surface area contributed by atoms with Crippen molar-refractivity contribution in [1.82, 2.24) is 4.90 Å². The van der Waals surface area contributed by atoms with E-state index >= 15 is 0 Å². The molecule has 0 spiro atoms. The highest BCUT2D eigenvalue weighted by Crippen LogP contribution is 2.45. The number of hydrogen-bond acceptors (Lipinski definition) is 2. The number of piperidine rings is 1. The van der Waals surface area contributed by atoms with Crippen molar-refractivity contribution in [2.24, 2.45) is 0 Å². The predicted octanol–water partition coefficient (Wildman–Crippen LogP) is 4.40. The number of aliphatic hydroxyl groups is 1.